The molecule has 0 spiro atoms. The van der Waals surface area contributed by atoms with Crippen LogP contribution in [0.2, 0.25) is 0 Å². The fraction of sp³-hybridized carbons (Fsp3) is 0.600. The number of carbonyl (C=O) groups excluding carboxylic acids is 1. The Labute approximate surface area is 156 Å². The number of hydrogen-bond donors (Lipinski definition) is 3. The molecule has 11 nitrogen and oxygen atoms in total. The minimum atomic E-state index is -4.23. The molecule has 0 fully saturated rings. The number of ether oxygens (including phenoxy) is 2. The number of imidazole rings is 1. The van der Waals surface area contributed by atoms with E-state index >= 15 is 0 Å². The van der Waals surface area contributed by atoms with Crippen LogP contribution in [0.25, 0.3) is 11.2 Å². The lowest BCUT2D eigenvalue weighted by atomic mass is 10.1. The molecule has 150 valence electrons. The van der Waals surface area contributed by atoms with Gasteiger partial charge in [-0.2, -0.15) is 0 Å². The summed E-state index contributed by atoms with van der Waals surface area (Å²) in [5.74, 6) is 0.645. The van der Waals surface area contributed by atoms with Gasteiger partial charge in [0, 0.05) is 0 Å². The molecule has 1 amide bonds. The summed E-state index contributed by atoms with van der Waals surface area (Å²) in [5.41, 5.74) is 0.828. The Hall–Kier alpha value is -2.07. The summed E-state index contributed by atoms with van der Waals surface area (Å²) in [5, 5.41) is 2.55. The first-order valence-corrected chi connectivity index (χ1v) is 10.2. The molecule has 0 saturated heterocycles. The molecule has 0 aliphatic carbocycles. The van der Waals surface area contributed by atoms with Gasteiger partial charge < -0.3 is 23.8 Å². The second-order valence-corrected chi connectivity index (χ2v) is 8.09. The van der Waals surface area contributed by atoms with Gasteiger partial charge in [-0.15, -0.1) is 0 Å². The van der Waals surface area contributed by atoms with E-state index in [1.165, 1.54) is 12.7 Å². The molecule has 2 aromatic heterocycles. The molecule has 2 rings (SSSR count). The van der Waals surface area contributed by atoms with Gasteiger partial charge in [0.25, 0.3) is 0 Å². The highest BCUT2D eigenvalue weighted by atomic mass is 31.2. The normalized spacial score (nSPS) is 13.1. The highest BCUT2D eigenvalue weighted by molar-refractivity contribution is 7.51. The summed E-state index contributed by atoms with van der Waals surface area (Å²) >= 11 is 0. The van der Waals surface area contributed by atoms with Gasteiger partial charge in [-0.05, 0) is 19.3 Å². The molecule has 3 N–H and O–H groups in total. The number of fused-ring (bicyclic) bond motifs is 1. The van der Waals surface area contributed by atoms with Crippen LogP contribution in [-0.4, -0.2) is 54.5 Å². The van der Waals surface area contributed by atoms with Crippen LogP contribution in [0.15, 0.2) is 12.7 Å². The molecule has 0 bridgehead atoms. The monoisotopic (exact) mass is 401 g/mol. The summed E-state index contributed by atoms with van der Waals surface area (Å²) in [7, 11) is -4.23. The molecule has 12 heteroatoms. The van der Waals surface area contributed by atoms with Crippen molar-refractivity contribution in [2.75, 3.05) is 18.3 Å². The Balaban J connectivity index is 2.03. The van der Waals surface area contributed by atoms with Crippen LogP contribution in [0.3, 0.4) is 0 Å². The number of aromatic nitrogens is 4. The number of rotatable bonds is 9. The molecule has 0 radical (unpaired) electrons. The van der Waals surface area contributed by atoms with Gasteiger partial charge in [-0.25, -0.2) is 19.7 Å². The van der Waals surface area contributed by atoms with E-state index in [0.29, 0.717) is 23.7 Å². The highest BCUT2D eigenvalue weighted by Crippen LogP contribution is 2.34. The van der Waals surface area contributed by atoms with Crippen molar-refractivity contribution in [3.05, 3.63) is 12.7 Å². The number of hydrogen-bond acceptors (Lipinski definition) is 7. The molecule has 0 unspecified atom stereocenters. The lowest BCUT2D eigenvalue weighted by molar-refractivity contribution is 0.0764. The molecule has 1 atom stereocenters. The van der Waals surface area contributed by atoms with Crippen LogP contribution >= 0.6 is 7.60 Å². The SMILES string of the molecule is CC(C)CCOC(=O)Nc1ncnc2c1ncn2C[C@@H](C)OCP(=O)(O)O. The van der Waals surface area contributed by atoms with Crippen molar-refractivity contribution in [2.24, 2.45) is 5.92 Å². The van der Waals surface area contributed by atoms with Crippen LogP contribution in [0, 0.1) is 5.92 Å². The number of carbonyl (C=O) groups is 1. The Kier molecular flexibility index (Phi) is 7.25. The van der Waals surface area contributed by atoms with Crippen LogP contribution in [0.4, 0.5) is 10.6 Å². The van der Waals surface area contributed by atoms with Gasteiger partial charge >= 0.3 is 13.7 Å². The van der Waals surface area contributed by atoms with E-state index in [2.05, 4.69) is 20.3 Å². The minimum absolute atomic E-state index is 0.220. The molecule has 0 aliphatic rings. The zero-order chi connectivity index (χ0) is 20.0. The summed E-state index contributed by atoms with van der Waals surface area (Å²) in [6.45, 7) is 6.32. The van der Waals surface area contributed by atoms with Gasteiger partial charge in [0.15, 0.2) is 17.0 Å². The van der Waals surface area contributed by atoms with Gasteiger partial charge in [0.1, 0.15) is 12.7 Å². The predicted molar refractivity (Wildman–Crippen MR) is 97.2 cm³/mol. The molecule has 27 heavy (non-hydrogen) atoms. The maximum Gasteiger partial charge on any atom is 0.412 e. The molecular weight excluding hydrogens is 377 g/mol. The lowest BCUT2D eigenvalue weighted by Crippen LogP contribution is -2.18. The van der Waals surface area contributed by atoms with Gasteiger partial charge in [-0.1, -0.05) is 13.8 Å². The van der Waals surface area contributed by atoms with Crippen molar-refractivity contribution in [2.45, 2.75) is 39.8 Å². The maximum atomic E-state index is 11.9. The highest BCUT2D eigenvalue weighted by Gasteiger charge is 2.18. The zero-order valence-electron chi connectivity index (χ0n) is 15.4. The largest absolute Gasteiger partial charge is 0.449 e. The number of nitrogens with one attached hydrogen (secondary N) is 1. The topological polar surface area (TPSA) is 149 Å². The van der Waals surface area contributed by atoms with Crippen molar-refractivity contribution in [1.29, 1.82) is 0 Å². The quantitative estimate of drug-likeness (QED) is 0.536. The van der Waals surface area contributed by atoms with Crippen molar-refractivity contribution < 1.29 is 28.6 Å². The predicted octanol–water partition coefficient (Wildman–Crippen LogP) is 1.96. The summed E-state index contributed by atoms with van der Waals surface area (Å²) in [6, 6.07) is 0. The van der Waals surface area contributed by atoms with Crippen molar-refractivity contribution in [3.63, 3.8) is 0 Å². The average Bonchev–Trinajstić information content (AvgIpc) is 2.96. The maximum absolute atomic E-state index is 11.9. The zero-order valence-corrected chi connectivity index (χ0v) is 16.3. The van der Waals surface area contributed by atoms with Crippen LogP contribution in [0.5, 0.6) is 0 Å². The molecule has 0 saturated carbocycles. The van der Waals surface area contributed by atoms with E-state index in [4.69, 9.17) is 19.3 Å². The fourth-order valence-electron chi connectivity index (χ4n) is 2.18. The third-order valence-electron chi connectivity index (χ3n) is 3.53. The van der Waals surface area contributed by atoms with E-state index in [1.54, 1.807) is 11.5 Å². The van der Waals surface area contributed by atoms with Crippen LogP contribution in [-0.2, 0) is 20.6 Å². The minimum Gasteiger partial charge on any atom is -0.449 e. The number of amides is 1. The molecule has 0 aromatic carbocycles. The van der Waals surface area contributed by atoms with Gasteiger partial charge in [0.2, 0.25) is 0 Å². The van der Waals surface area contributed by atoms with Gasteiger partial charge in [-0.3, -0.25) is 9.88 Å². The third kappa shape index (κ3) is 6.87. The van der Waals surface area contributed by atoms with Gasteiger partial charge in [0.05, 0.1) is 25.6 Å². The Morgan fingerprint density at radius 1 is 1.30 bits per heavy atom. The molecule has 2 heterocycles. The summed E-state index contributed by atoms with van der Waals surface area (Å²) in [4.78, 5) is 42.0. The summed E-state index contributed by atoms with van der Waals surface area (Å²) in [6.07, 6.45) is 1.77. The van der Waals surface area contributed by atoms with Crippen molar-refractivity contribution in [1.82, 2.24) is 19.5 Å². The second-order valence-electron chi connectivity index (χ2n) is 6.51. The molecular formula is C15H24N5O6P. The first-order chi connectivity index (χ1) is 12.7. The van der Waals surface area contributed by atoms with Crippen LogP contribution in [0.1, 0.15) is 27.2 Å². The average molecular weight is 401 g/mol. The third-order valence-corrected chi connectivity index (χ3v) is 4.02. The van der Waals surface area contributed by atoms with E-state index in [1.807, 2.05) is 13.8 Å². The fourth-order valence-corrected chi connectivity index (χ4v) is 2.63. The van der Waals surface area contributed by atoms with E-state index < -0.39 is 26.1 Å². The molecule has 2 aromatic rings. The summed E-state index contributed by atoms with van der Waals surface area (Å²) < 4.78 is 22.8. The Morgan fingerprint density at radius 3 is 2.70 bits per heavy atom. The van der Waals surface area contributed by atoms with Crippen LogP contribution < -0.4 is 5.32 Å². The van der Waals surface area contributed by atoms with Crippen molar-refractivity contribution >= 4 is 30.7 Å². The van der Waals surface area contributed by atoms with E-state index in [-0.39, 0.29) is 12.4 Å². The Bertz CT molecular complexity index is 820. The Morgan fingerprint density at radius 2 is 2.04 bits per heavy atom. The number of nitrogens with zero attached hydrogens (tertiary/aromatic N) is 4. The van der Waals surface area contributed by atoms with E-state index in [0.717, 1.165) is 6.42 Å². The smallest absolute Gasteiger partial charge is 0.412 e. The first kappa shape index (κ1) is 21.2. The second kappa shape index (κ2) is 9.23. The van der Waals surface area contributed by atoms with Crippen molar-refractivity contribution in [3.8, 4) is 0 Å². The number of anilines is 1. The standard InChI is InChI=1S/C15H24N5O6P/c1-10(2)4-5-25-15(21)19-13-12-14(17-7-16-13)20(8-18-12)6-11(3)26-9-27(22,23)24/h7-8,10-11H,4-6,9H2,1-3H3,(H2,22,23,24)(H,16,17,19,21)/t11-/m1/s1. The van der Waals surface area contributed by atoms with E-state index in [9.17, 15) is 9.36 Å². The lowest BCUT2D eigenvalue weighted by Gasteiger charge is -2.14. The first-order valence-electron chi connectivity index (χ1n) is 8.41. The molecule has 0 aliphatic heterocycles.